The van der Waals surface area contributed by atoms with E-state index < -0.39 is 0 Å². The fraction of sp³-hybridized carbons (Fsp3) is 0.100. The second-order valence-electron chi connectivity index (χ2n) is 3.40. The number of pyridine rings is 1. The van der Waals surface area contributed by atoms with E-state index in [0.29, 0.717) is 0 Å². The minimum absolute atomic E-state index is 0.776. The van der Waals surface area contributed by atoms with E-state index in [-0.39, 0.29) is 0 Å². The van der Waals surface area contributed by atoms with Crippen LogP contribution in [0.5, 0.6) is 0 Å². The zero-order chi connectivity index (χ0) is 10.3. The van der Waals surface area contributed by atoms with Crippen LogP contribution < -0.4 is 0 Å². The Kier molecular flexibility index (Phi) is 1.58. The fourth-order valence-electron chi connectivity index (χ4n) is 1.51. The van der Waals surface area contributed by atoms with Crippen LogP contribution in [0, 0.1) is 0 Å². The molecule has 0 unspecified atom stereocenters. The standard InChI is InChI=1S/C10H9N5/c1-15-5-9(12-6-15)10-13-7-2-3-11-4-8(7)14-10/h2-6H,1H3,(H,13,14). The van der Waals surface area contributed by atoms with Crippen LogP contribution >= 0.6 is 0 Å². The van der Waals surface area contributed by atoms with E-state index in [9.17, 15) is 0 Å². The fourth-order valence-corrected chi connectivity index (χ4v) is 1.51. The third-order valence-corrected chi connectivity index (χ3v) is 2.23. The molecular weight excluding hydrogens is 190 g/mol. The molecule has 15 heavy (non-hydrogen) atoms. The summed E-state index contributed by atoms with van der Waals surface area (Å²) in [7, 11) is 1.93. The Morgan fingerprint density at radius 1 is 1.40 bits per heavy atom. The summed E-state index contributed by atoms with van der Waals surface area (Å²) >= 11 is 0. The maximum absolute atomic E-state index is 4.42. The lowest BCUT2D eigenvalue weighted by Crippen LogP contribution is -1.80. The number of nitrogens with zero attached hydrogens (tertiary/aromatic N) is 4. The molecule has 0 aromatic carbocycles. The first kappa shape index (κ1) is 8.16. The minimum atomic E-state index is 0.776. The second kappa shape index (κ2) is 2.91. The van der Waals surface area contributed by atoms with Crippen LogP contribution in [0.2, 0.25) is 0 Å². The quantitative estimate of drug-likeness (QED) is 0.643. The highest BCUT2D eigenvalue weighted by Gasteiger charge is 2.06. The molecule has 0 amide bonds. The predicted molar refractivity (Wildman–Crippen MR) is 56.1 cm³/mol. The molecule has 0 aliphatic rings. The van der Waals surface area contributed by atoms with Gasteiger partial charge in [0.1, 0.15) is 5.69 Å². The molecule has 0 radical (unpaired) electrons. The molecule has 0 fully saturated rings. The number of hydrogen-bond acceptors (Lipinski definition) is 3. The summed E-state index contributed by atoms with van der Waals surface area (Å²) in [6.45, 7) is 0. The molecule has 0 saturated carbocycles. The Morgan fingerprint density at radius 2 is 2.33 bits per heavy atom. The highest BCUT2D eigenvalue weighted by atomic mass is 15.0. The summed E-state index contributed by atoms with van der Waals surface area (Å²) in [5.74, 6) is 0.776. The van der Waals surface area contributed by atoms with Crippen molar-refractivity contribution in [2.45, 2.75) is 0 Å². The number of imidazole rings is 2. The minimum Gasteiger partial charge on any atom is -0.340 e. The zero-order valence-corrected chi connectivity index (χ0v) is 8.18. The Morgan fingerprint density at radius 3 is 3.07 bits per heavy atom. The summed E-state index contributed by atoms with van der Waals surface area (Å²) in [6, 6.07) is 1.87. The van der Waals surface area contributed by atoms with Gasteiger partial charge in [0, 0.05) is 19.4 Å². The average Bonchev–Trinajstić information content (AvgIpc) is 2.82. The first-order valence-electron chi connectivity index (χ1n) is 4.61. The van der Waals surface area contributed by atoms with Crippen molar-refractivity contribution < 1.29 is 0 Å². The Labute approximate surface area is 85.8 Å². The highest BCUT2D eigenvalue weighted by Crippen LogP contribution is 2.17. The van der Waals surface area contributed by atoms with E-state index in [0.717, 1.165) is 22.6 Å². The van der Waals surface area contributed by atoms with E-state index in [1.165, 1.54) is 0 Å². The van der Waals surface area contributed by atoms with Crippen LogP contribution in [0.25, 0.3) is 22.6 Å². The molecule has 5 nitrogen and oxygen atoms in total. The zero-order valence-electron chi connectivity index (χ0n) is 8.18. The highest BCUT2D eigenvalue weighted by molar-refractivity contribution is 5.77. The van der Waals surface area contributed by atoms with Gasteiger partial charge < -0.3 is 9.55 Å². The SMILES string of the molecule is Cn1cnc(-c2nc3ccncc3[nH]2)c1. The van der Waals surface area contributed by atoms with Gasteiger partial charge in [-0.2, -0.15) is 0 Å². The van der Waals surface area contributed by atoms with Crippen molar-refractivity contribution in [3.63, 3.8) is 0 Å². The molecule has 3 aromatic rings. The molecule has 1 N–H and O–H groups in total. The summed E-state index contributed by atoms with van der Waals surface area (Å²) in [5.41, 5.74) is 2.68. The lowest BCUT2D eigenvalue weighted by Gasteiger charge is -1.86. The Bertz CT molecular complexity index is 574. The van der Waals surface area contributed by atoms with Crippen LogP contribution in [-0.4, -0.2) is 24.5 Å². The van der Waals surface area contributed by atoms with Gasteiger partial charge >= 0.3 is 0 Å². The molecule has 0 saturated heterocycles. The molecular formula is C10H9N5. The number of rotatable bonds is 1. The molecule has 0 aliphatic heterocycles. The smallest absolute Gasteiger partial charge is 0.158 e. The summed E-state index contributed by atoms with van der Waals surface area (Å²) < 4.78 is 1.89. The Hall–Kier alpha value is -2.17. The molecule has 3 aromatic heterocycles. The third-order valence-electron chi connectivity index (χ3n) is 2.23. The van der Waals surface area contributed by atoms with Gasteiger partial charge in [-0.05, 0) is 6.07 Å². The van der Waals surface area contributed by atoms with Crippen molar-refractivity contribution in [2.24, 2.45) is 7.05 Å². The van der Waals surface area contributed by atoms with Gasteiger partial charge in [-0.25, -0.2) is 9.97 Å². The van der Waals surface area contributed by atoms with Crippen molar-refractivity contribution in [2.75, 3.05) is 0 Å². The number of aromatic nitrogens is 5. The lowest BCUT2D eigenvalue weighted by atomic mass is 10.4. The number of aromatic amines is 1. The first-order chi connectivity index (χ1) is 7.33. The third kappa shape index (κ3) is 1.28. The maximum Gasteiger partial charge on any atom is 0.158 e. The predicted octanol–water partition coefficient (Wildman–Crippen LogP) is 1.36. The number of aryl methyl sites for hydroxylation is 1. The van der Waals surface area contributed by atoms with Crippen molar-refractivity contribution in [1.29, 1.82) is 0 Å². The van der Waals surface area contributed by atoms with Gasteiger partial charge in [0.2, 0.25) is 0 Å². The number of hydrogen-bond donors (Lipinski definition) is 1. The van der Waals surface area contributed by atoms with E-state index in [2.05, 4.69) is 19.9 Å². The molecule has 0 aliphatic carbocycles. The molecule has 3 heterocycles. The van der Waals surface area contributed by atoms with Crippen LogP contribution in [-0.2, 0) is 7.05 Å². The van der Waals surface area contributed by atoms with Crippen molar-refractivity contribution in [3.8, 4) is 11.5 Å². The molecule has 0 bridgehead atoms. The number of H-pyrrole nitrogens is 1. The number of fused-ring (bicyclic) bond motifs is 1. The van der Waals surface area contributed by atoms with Gasteiger partial charge in [0.25, 0.3) is 0 Å². The van der Waals surface area contributed by atoms with E-state index in [1.54, 1.807) is 18.7 Å². The van der Waals surface area contributed by atoms with Crippen molar-refractivity contribution >= 4 is 11.0 Å². The van der Waals surface area contributed by atoms with Crippen LogP contribution in [0.15, 0.2) is 31.0 Å². The van der Waals surface area contributed by atoms with Gasteiger partial charge in [-0.15, -0.1) is 0 Å². The molecule has 74 valence electrons. The topological polar surface area (TPSA) is 59.4 Å². The maximum atomic E-state index is 4.42. The molecule has 0 atom stereocenters. The first-order valence-corrected chi connectivity index (χ1v) is 4.61. The summed E-state index contributed by atoms with van der Waals surface area (Å²) in [5, 5.41) is 0. The Balaban J connectivity index is 2.19. The molecule has 0 spiro atoms. The summed E-state index contributed by atoms with van der Waals surface area (Å²) in [6.07, 6.45) is 7.16. The van der Waals surface area contributed by atoms with Gasteiger partial charge in [0.05, 0.1) is 23.6 Å². The molecule has 5 heteroatoms. The summed E-state index contributed by atoms with van der Waals surface area (Å²) in [4.78, 5) is 15.9. The largest absolute Gasteiger partial charge is 0.340 e. The monoisotopic (exact) mass is 199 g/mol. The van der Waals surface area contributed by atoms with Crippen LogP contribution in [0.4, 0.5) is 0 Å². The van der Waals surface area contributed by atoms with E-state index in [4.69, 9.17) is 0 Å². The van der Waals surface area contributed by atoms with Crippen molar-refractivity contribution in [1.82, 2.24) is 24.5 Å². The van der Waals surface area contributed by atoms with Crippen LogP contribution in [0.1, 0.15) is 0 Å². The molecule has 3 rings (SSSR count). The normalized spacial score (nSPS) is 11.0. The van der Waals surface area contributed by atoms with Gasteiger partial charge in [-0.1, -0.05) is 0 Å². The van der Waals surface area contributed by atoms with Crippen molar-refractivity contribution in [3.05, 3.63) is 31.0 Å². The second-order valence-corrected chi connectivity index (χ2v) is 3.40. The lowest BCUT2D eigenvalue weighted by molar-refractivity contribution is 0.913. The van der Waals surface area contributed by atoms with E-state index >= 15 is 0 Å². The van der Waals surface area contributed by atoms with Crippen LogP contribution in [0.3, 0.4) is 0 Å². The number of nitrogens with one attached hydrogen (secondary N) is 1. The van der Waals surface area contributed by atoms with E-state index in [1.807, 2.05) is 23.9 Å². The van der Waals surface area contributed by atoms with Gasteiger partial charge in [-0.3, -0.25) is 4.98 Å². The van der Waals surface area contributed by atoms with Gasteiger partial charge in [0.15, 0.2) is 5.82 Å². The average molecular weight is 199 g/mol.